The normalized spacial score (nSPS) is 16.8. The first kappa shape index (κ1) is 17.2. The van der Waals surface area contributed by atoms with Crippen LogP contribution in [-0.2, 0) is 16.0 Å². The predicted molar refractivity (Wildman–Crippen MR) is 101 cm³/mol. The molecule has 1 aliphatic heterocycles. The molecule has 1 fully saturated rings. The maximum Gasteiger partial charge on any atom is 0.196 e. The monoisotopic (exact) mass is 377 g/mol. The molecule has 142 valence electrons. The van der Waals surface area contributed by atoms with E-state index >= 15 is 0 Å². The minimum Gasteiger partial charge on any atom is -0.349 e. The third-order valence-corrected chi connectivity index (χ3v) is 5.16. The molecule has 2 aliphatic rings. The highest BCUT2D eigenvalue weighted by Gasteiger charge is 2.32. The third-order valence-electron chi connectivity index (χ3n) is 5.16. The van der Waals surface area contributed by atoms with Gasteiger partial charge >= 0.3 is 0 Å². The molecule has 0 bridgehead atoms. The van der Waals surface area contributed by atoms with E-state index in [-0.39, 0.29) is 17.9 Å². The molecule has 2 aromatic carbocycles. The van der Waals surface area contributed by atoms with Crippen molar-refractivity contribution >= 4 is 22.6 Å². The molecule has 0 atom stereocenters. The smallest absolute Gasteiger partial charge is 0.196 e. The number of hydrogen-bond donors (Lipinski definition) is 1. The van der Waals surface area contributed by atoms with Gasteiger partial charge in [-0.2, -0.15) is 0 Å². The molecule has 0 spiro atoms. The van der Waals surface area contributed by atoms with E-state index in [9.17, 15) is 9.59 Å². The van der Waals surface area contributed by atoms with E-state index in [1.54, 1.807) is 30.3 Å². The molecule has 1 N–H and O–H groups in total. The van der Waals surface area contributed by atoms with E-state index in [1.807, 2.05) is 18.0 Å². The number of benzene rings is 2. The lowest BCUT2D eigenvalue weighted by atomic mass is 9.83. The van der Waals surface area contributed by atoms with E-state index in [4.69, 9.17) is 9.47 Å². The van der Waals surface area contributed by atoms with Crippen LogP contribution < -0.4 is 0 Å². The SMILES string of the molecule is CN(Cc1nc2c3c(ccc2[nH]1)C(=O)c1ccccc1C3=O)CC1OCCO1. The van der Waals surface area contributed by atoms with Gasteiger partial charge in [-0.1, -0.05) is 24.3 Å². The number of ether oxygens (including phenoxy) is 2. The number of carbonyl (C=O) groups excluding carboxylic acids is 2. The first-order chi connectivity index (χ1) is 13.6. The molecular weight excluding hydrogens is 358 g/mol. The Kier molecular flexibility index (Phi) is 4.08. The molecule has 28 heavy (non-hydrogen) atoms. The largest absolute Gasteiger partial charge is 0.349 e. The summed E-state index contributed by atoms with van der Waals surface area (Å²) in [5.74, 6) is 0.433. The Morgan fingerprint density at radius 1 is 1.04 bits per heavy atom. The van der Waals surface area contributed by atoms with Crippen molar-refractivity contribution in [2.45, 2.75) is 12.8 Å². The summed E-state index contributed by atoms with van der Waals surface area (Å²) in [5, 5.41) is 0. The van der Waals surface area contributed by atoms with E-state index in [0.717, 1.165) is 11.3 Å². The van der Waals surface area contributed by atoms with Gasteiger partial charge in [-0.05, 0) is 19.2 Å². The van der Waals surface area contributed by atoms with Crippen LogP contribution in [0.1, 0.15) is 37.7 Å². The summed E-state index contributed by atoms with van der Waals surface area (Å²) in [5.41, 5.74) is 2.97. The van der Waals surface area contributed by atoms with Crippen molar-refractivity contribution < 1.29 is 19.1 Å². The summed E-state index contributed by atoms with van der Waals surface area (Å²) >= 11 is 0. The number of imidazole rings is 1. The van der Waals surface area contributed by atoms with Gasteiger partial charge in [0.25, 0.3) is 0 Å². The van der Waals surface area contributed by atoms with Crippen molar-refractivity contribution in [2.24, 2.45) is 0 Å². The number of hydrogen-bond acceptors (Lipinski definition) is 6. The highest BCUT2D eigenvalue weighted by atomic mass is 16.7. The van der Waals surface area contributed by atoms with Gasteiger partial charge in [0.15, 0.2) is 17.9 Å². The molecule has 7 heteroatoms. The van der Waals surface area contributed by atoms with Crippen LogP contribution in [0.15, 0.2) is 36.4 Å². The summed E-state index contributed by atoms with van der Waals surface area (Å²) < 4.78 is 11.0. The first-order valence-corrected chi connectivity index (χ1v) is 9.23. The zero-order valence-corrected chi connectivity index (χ0v) is 15.4. The fraction of sp³-hybridized carbons (Fsp3) is 0.286. The third kappa shape index (κ3) is 2.75. The van der Waals surface area contributed by atoms with Gasteiger partial charge < -0.3 is 14.5 Å². The average Bonchev–Trinajstić information content (AvgIpc) is 3.34. The average molecular weight is 377 g/mol. The van der Waals surface area contributed by atoms with Crippen LogP contribution in [-0.4, -0.2) is 59.5 Å². The van der Waals surface area contributed by atoms with Gasteiger partial charge in [-0.25, -0.2) is 4.98 Å². The Hall–Kier alpha value is -2.87. The van der Waals surface area contributed by atoms with E-state index < -0.39 is 0 Å². The lowest BCUT2D eigenvalue weighted by molar-refractivity contribution is -0.0594. The first-order valence-electron chi connectivity index (χ1n) is 9.23. The van der Waals surface area contributed by atoms with Crippen molar-refractivity contribution in [1.29, 1.82) is 0 Å². The number of aromatic amines is 1. The quantitative estimate of drug-likeness (QED) is 0.587. The topological polar surface area (TPSA) is 84.5 Å². The fourth-order valence-electron chi connectivity index (χ4n) is 3.87. The highest BCUT2D eigenvalue weighted by molar-refractivity contribution is 6.31. The molecule has 0 amide bonds. The molecule has 1 aliphatic carbocycles. The Bertz CT molecular complexity index is 1100. The summed E-state index contributed by atoms with van der Waals surface area (Å²) in [4.78, 5) is 35.9. The Balaban J connectivity index is 1.49. The zero-order chi connectivity index (χ0) is 19.3. The second-order valence-electron chi connectivity index (χ2n) is 7.14. The maximum atomic E-state index is 13.1. The summed E-state index contributed by atoms with van der Waals surface area (Å²) in [6.07, 6.45) is -0.224. The Labute approximate surface area is 161 Å². The number of carbonyl (C=O) groups is 2. The Morgan fingerprint density at radius 3 is 2.50 bits per heavy atom. The molecule has 0 radical (unpaired) electrons. The molecule has 2 heterocycles. The number of aromatic nitrogens is 2. The lowest BCUT2D eigenvalue weighted by Crippen LogP contribution is -2.29. The van der Waals surface area contributed by atoms with Crippen molar-refractivity contribution in [3.63, 3.8) is 0 Å². The molecule has 1 saturated heterocycles. The number of ketones is 2. The van der Waals surface area contributed by atoms with Crippen molar-refractivity contribution in [2.75, 3.05) is 26.8 Å². The van der Waals surface area contributed by atoms with E-state index in [0.29, 0.717) is 54.1 Å². The van der Waals surface area contributed by atoms with Crippen molar-refractivity contribution in [3.8, 4) is 0 Å². The number of nitrogens with one attached hydrogen (secondary N) is 1. The predicted octanol–water partition coefficient (Wildman–Crippen LogP) is 2.14. The molecule has 7 nitrogen and oxygen atoms in total. The van der Waals surface area contributed by atoms with Crippen LogP contribution in [0, 0.1) is 0 Å². The highest BCUT2D eigenvalue weighted by Crippen LogP contribution is 2.31. The number of H-pyrrole nitrogens is 1. The molecular formula is C21H19N3O4. The molecule has 0 unspecified atom stereocenters. The van der Waals surface area contributed by atoms with Crippen LogP contribution >= 0.6 is 0 Å². The van der Waals surface area contributed by atoms with Crippen molar-refractivity contribution in [3.05, 3.63) is 64.5 Å². The second-order valence-corrected chi connectivity index (χ2v) is 7.14. The second kappa shape index (κ2) is 6.63. The zero-order valence-electron chi connectivity index (χ0n) is 15.4. The molecule has 5 rings (SSSR count). The van der Waals surface area contributed by atoms with Gasteiger partial charge in [0.2, 0.25) is 0 Å². The molecule has 0 saturated carbocycles. The number of rotatable bonds is 4. The maximum absolute atomic E-state index is 13.1. The van der Waals surface area contributed by atoms with Crippen LogP contribution in [0.3, 0.4) is 0 Å². The van der Waals surface area contributed by atoms with Gasteiger partial charge in [0.1, 0.15) is 11.3 Å². The fourth-order valence-corrected chi connectivity index (χ4v) is 3.87. The van der Waals surface area contributed by atoms with Crippen LogP contribution in [0.4, 0.5) is 0 Å². The molecule has 1 aromatic heterocycles. The Morgan fingerprint density at radius 2 is 1.75 bits per heavy atom. The minimum absolute atomic E-state index is 0.135. The van der Waals surface area contributed by atoms with Gasteiger partial charge in [0, 0.05) is 23.2 Å². The van der Waals surface area contributed by atoms with Crippen molar-refractivity contribution in [1.82, 2.24) is 14.9 Å². The number of nitrogens with zero attached hydrogens (tertiary/aromatic N) is 2. The van der Waals surface area contributed by atoms with E-state index in [2.05, 4.69) is 9.97 Å². The van der Waals surface area contributed by atoms with Gasteiger partial charge in [-0.15, -0.1) is 0 Å². The number of fused-ring (bicyclic) bond motifs is 4. The summed E-state index contributed by atoms with van der Waals surface area (Å²) in [6, 6.07) is 10.5. The minimum atomic E-state index is -0.224. The summed E-state index contributed by atoms with van der Waals surface area (Å²) in [6.45, 7) is 2.41. The van der Waals surface area contributed by atoms with Gasteiger partial charge in [0.05, 0.1) is 30.8 Å². The standard InChI is InChI=1S/C21H19N3O4/c1-24(11-17-27-8-9-28-17)10-16-22-15-7-6-14-18(19(15)23-16)21(26)13-5-3-2-4-12(13)20(14)25/h2-7,17H,8-11H2,1H3,(H,22,23). The van der Waals surface area contributed by atoms with Crippen LogP contribution in [0.2, 0.25) is 0 Å². The van der Waals surface area contributed by atoms with E-state index in [1.165, 1.54) is 0 Å². The van der Waals surface area contributed by atoms with Crippen LogP contribution in [0.25, 0.3) is 11.0 Å². The summed E-state index contributed by atoms with van der Waals surface area (Å²) in [7, 11) is 1.96. The van der Waals surface area contributed by atoms with Gasteiger partial charge in [-0.3, -0.25) is 14.5 Å². The molecule has 3 aromatic rings. The van der Waals surface area contributed by atoms with Crippen LogP contribution in [0.5, 0.6) is 0 Å². The number of likely N-dealkylation sites (N-methyl/N-ethyl adjacent to an activating group) is 1. The lowest BCUT2D eigenvalue weighted by Gasteiger charge is -2.18.